The quantitative estimate of drug-likeness (QED) is 0.803. The summed E-state index contributed by atoms with van der Waals surface area (Å²) >= 11 is 0. The fourth-order valence-electron chi connectivity index (χ4n) is 2.27. The molecule has 0 saturated heterocycles. The van der Waals surface area contributed by atoms with E-state index in [0.29, 0.717) is 0 Å². The van der Waals surface area contributed by atoms with Crippen molar-refractivity contribution >= 4 is 11.4 Å². The average Bonchev–Trinajstić information content (AvgIpc) is 2.51. The molecule has 0 aliphatic carbocycles. The second kappa shape index (κ2) is 6.54. The molecule has 1 atom stereocenters. The smallest absolute Gasteiger partial charge is 0.377 e. The van der Waals surface area contributed by atoms with E-state index in [4.69, 9.17) is 0 Å². The van der Waals surface area contributed by atoms with Gasteiger partial charge < -0.3 is 10.6 Å². The molecule has 2 N–H and O–H groups in total. The molecule has 0 bridgehead atoms. The number of benzene rings is 1. The third-order valence-corrected chi connectivity index (χ3v) is 4.35. The Morgan fingerprint density at radius 3 is 2.12 bits per heavy atom. The maximum atomic E-state index is 13.0. The van der Waals surface area contributed by atoms with Crippen LogP contribution in [-0.2, 0) is 12.7 Å². The first-order valence-corrected chi connectivity index (χ1v) is 7.91. The molecule has 4 nitrogen and oxygen atoms in total. The maximum absolute atomic E-state index is 13.0. The van der Waals surface area contributed by atoms with E-state index in [-0.39, 0.29) is 34.9 Å². The molecule has 2 rings (SSSR count). The van der Waals surface area contributed by atoms with Gasteiger partial charge in [-0.2, -0.15) is 13.2 Å². The zero-order chi connectivity index (χ0) is 19.0. The molecule has 0 aliphatic rings. The fraction of sp³-hybridized carbons (Fsp3) is 0.444. The first kappa shape index (κ1) is 19.0. The SMILES string of the molecule is C[C@@H](Nc1c(NCc2ccccc2C(F)(F)F)c(=O)c1=O)C(C)(C)C. The summed E-state index contributed by atoms with van der Waals surface area (Å²) in [5.74, 6) is 0. The second-order valence-electron chi connectivity index (χ2n) is 7.15. The van der Waals surface area contributed by atoms with Gasteiger partial charge in [0.15, 0.2) is 0 Å². The summed E-state index contributed by atoms with van der Waals surface area (Å²) in [7, 11) is 0. The first-order chi connectivity index (χ1) is 11.4. The lowest BCUT2D eigenvalue weighted by Crippen LogP contribution is -2.42. The molecular formula is C18H21F3N2O2. The van der Waals surface area contributed by atoms with Crippen LogP contribution in [0.15, 0.2) is 33.9 Å². The number of hydrogen-bond donors (Lipinski definition) is 2. The van der Waals surface area contributed by atoms with Crippen LogP contribution in [-0.4, -0.2) is 6.04 Å². The fourth-order valence-corrected chi connectivity index (χ4v) is 2.27. The van der Waals surface area contributed by atoms with E-state index in [1.165, 1.54) is 18.2 Å². The Kier molecular flexibility index (Phi) is 4.97. The third-order valence-electron chi connectivity index (χ3n) is 4.35. The van der Waals surface area contributed by atoms with E-state index >= 15 is 0 Å². The van der Waals surface area contributed by atoms with Crippen molar-refractivity contribution < 1.29 is 13.2 Å². The van der Waals surface area contributed by atoms with E-state index in [2.05, 4.69) is 10.6 Å². The lowest BCUT2D eigenvalue weighted by molar-refractivity contribution is -0.138. The number of anilines is 2. The normalized spacial score (nSPS) is 13.7. The van der Waals surface area contributed by atoms with Gasteiger partial charge >= 0.3 is 6.18 Å². The van der Waals surface area contributed by atoms with E-state index in [0.717, 1.165) is 6.07 Å². The van der Waals surface area contributed by atoms with E-state index in [1.807, 2.05) is 27.7 Å². The molecule has 25 heavy (non-hydrogen) atoms. The van der Waals surface area contributed by atoms with Crippen molar-refractivity contribution in [1.82, 2.24) is 0 Å². The first-order valence-electron chi connectivity index (χ1n) is 7.91. The Labute approximate surface area is 143 Å². The zero-order valence-electron chi connectivity index (χ0n) is 14.5. The second-order valence-corrected chi connectivity index (χ2v) is 7.15. The number of rotatable bonds is 5. The molecule has 2 aromatic rings. The van der Waals surface area contributed by atoms with Gasteiger partial charge in [-0.1, -0.05) is 39.0 Å². The van der Waals surface area contributed by atoms with E-state index in [1.54, 1.807) is 0 Å². The van der Waals surface area contributed by atoms with Gasteiger partial charge in [0.05, 0.1) is 5.56 Å². The molecule has 0 spiro atoms. The van der Waals surface area contributed by atoms with Gasteiger partial charge in [0, 0.05) is 12.6 Å². The van der Waals surface area contributed by atoms with Gasteiger partial charge in [-0.3, -0.25) is 9.59 Å². The zero-order valence-corrected chi connectivity index (χ0v) is 14.5. The molecule has 0 aliphatic heterocycles. The van der Waals surface area contributed by atoms with E-state index in [9.17, 15) is 22.8 Å². The number of alkyl halides is 3. The van der Waals surface area contributed by atoms with Crippen LogP contribution in [0.3, 0.4) is 0 Å². The highest BCUT2D eigenvalue weighted by Crippen LogP contribution is 2.32. The monoisotopic (exact) mass is 354 g/mol. The third kappa shape index (κ3) is 4.03. The summed E-state index contributed by atoms with van der Waals surface area (Å²) in [6.07, 6.45) is -4.48. The molecule has 2 aromatic carbocycles. The van der Waals surface area contributed by atoms with Gasteiger partial charge in [0.1, 0.15) is 11.4 Å². The Hall–Kier alpha value is -2.31. The number of hydrogen-bond acceptors (Lipinski definition) is 4. The largest absolute Gasteiger partial charge is 0.416 e. The number of halogens is 3. The van der Waals surface area contributed by atoms with Crippen LogP contribution in [0, 0.1) is 5.41 Å². The van der Waals surface area contributed by atoms with Crippen molar-refractivity contribution in [3.63, 3.8) is 0 Å². The lowest BCUT2D eigenvalue weighted by atomic mass is 9.87. The molecule has 0 radical (unpaired) electrons. The highest BCUT2D eigenvalue weighted by Gasteiger charge is 2.33. The van der Waals surface area contributed by atoms with Gasteiger partial charge in [-0.05, 0) is 24.0 Å². The standard InChI is InChI=1S/C18H21F3N2O2/c1-10(17(2,3)4)23-14-13(15(24)16(14)25)22-9-11-7-5-6-8-12(11)18(19,20)21/h5-8,10,22-23H,9H2,1-4H3/t10-/m1/s1. The van der Waals surface area contributed by atoms with Crippen LogP contribution in [0.25, 0.3) is 0 Å². The average molecular weight is 354 g/mol. The van der Waals surface area contributed by atoms with Crippen LogP contribution in [0.4, 0.5) is 24.5 Å². The van der Waals surface area contributed by atoms with Crippen molar-refractivity contribution in [2.24, 2.45) is 5.41 Å². The minimum Gasteiger partial charge on any atom is -0.377 e. The number of nitrogens with one attached hydrogen (secondary N) is 2. The molecule has 7 heteroatoms. The summed E-state index contributed by atoms with van der Waals surface area (Å²) in [4.78, 5) is 23.6. The lowest BCUT2D eigenvalue weighted by Gasteiger charge is -2.30. The summed E-state index contributed by atoms with van der Waals surface area (Å²) < 4.78 is 39.0. The van der Waals surface area contributed by atoms with Gasteiger partial charge in [-0.25, -0.2) is 0 Å². The van der Waals surface area contributed by atoms with Gasteiger partial charge in [-0.15, -0.1) is 0 Å². The van der Waals surface area contributed by atoms with Crippen molar-refractivity contribution in [3.8, 4) is 0 Å². The van der Waals surface area contributed by atoms with Gasteiger partial charge in [0.25, 0.3) is 10.9 Å². The molecule has 0 saturated carbocycles. The predicted molar refractivity (Wildman–Crippen MR) is 92.7 cm³/mol. The molecule has 0 heterocycles. The minimum absolute atomic E-state index is 0.0119. The van der Waals surface area contributed by atoms with Crippen LogP contribution in [0.1, 0.15) is 38.8 Å². The van der Waals surface area contributed by atoms with Crippen LogP contribution < -0.4 is 21.5 Å². The summed E-state index contributed by atoms with van der Waals surface area (Å²) in [5.41, 5.74) is -2.10. The van der Waals surface area contributed by atoms with Crippen LogP contribution in [0.5, 0.6) is 0 Å². The Balaban J connectivity index is 2.20. The molecule has 0 amide bonds. The summed E-state index contributed by atoms with van der Waals surface area (Å²) in [6.45, 7) is 7.60. The molecule has 0 unspecified atom stereocenters. The topological polar surface area (TPSA) is 58.2 Å². The van der Waals surface area contributed by atoms with Crippen LogP contribution in [0.2, 0.25) is 0 Å². The highest BCUT2D eigenvalue weighted by molar-refractivity contribution is 5.74. The van der Waals surface area contributed by atoms with Crippen molar-refractivity contribution in [3.05, 3.63) is 55.8 Å². The van der Waals surface area contributed by atoms with Crippen molar-refractivity contribution in [1.29, 1.82) is 0 Å². The molecule has 0 fully saturated rings. The van der Waals surface area contributed by atoms with Crippen LogP contribution >= 0.6 is 0 Å². The Morgan fingerprint density at radius 2 is 1.56 bits per heavy atom. The summed E-state index contributed by atoms with van der Waals surface area (Å²) in [6, 6.07) is 5.03. The maximum Gasteiger partial charge on any atom is 0.416 e. The highest BCUT2D eigenvalue weighted by atomic mass is 19.4. The van der Waals surface area contributed by atoms with E-state index < -0.39 is 22.6 Å². The van der Waals surface area contributed by atoms with Gasteiger partial charge in [0.2, 0.25) is 0 Å². The predicted octanol–water partition coefficient (Wildman–Crippen LogP) is 3.76. The Bertz CT molecular complexity index is 828. The summed E-state index contributed by atoms with van der Waals surface area (Å²) in [5, 5.41) is 5.67. The molecular weight excluding hydrogens is 333 g/mol. The minimum atomic E-state index is -4.48. The van der Waals surface area contributed by atoms with Crippen molar-refractivity contribution in [2.45, 2.75) is 46.5 Å². The van der Waals surface area contributed by atoms with Crippen molar-refractivity contribution in [2.75, 3.05) is 10.6 Å². The Morgan fingerprint density at radius 1 is 1.00 bits per heavy atom. The molecule has 0 aromatic heterocycles. The molecule has 136 valence electrons.